The van der Waals surface area contributed by atoms with Crippen LogP contribution < -0.4 is 10.1 Å². The van der Waals surface area contributed by atoms with Gasteiger partial charge in [0.25, 0.3) is 5.91 Å². The van der Waals surface area contributed by atoms with Crippen LogP contribution >= 0.6 is 0 Å². The number of nitrogens with zero attached hydrogens (tertiary/aromatic N) is 3. The normalized spacial score (nSPS) is 10.5. The summed E-state index contributed by atoms with van der Waals surface area (Å²) in [5.41, 5.74) is 4.19. The second-order valence-corrected chi connectivity index (χ2v) is 6.20. The Morgan fingerprint density at radius 3 is 2.58 bits per heavy atom. The van der Waals surface area contributed by atoms with Crippen LogP contribution in [0, 0.1) is 13.8 Å². The SMILES string of the molecule is Cc1cccc(C)c1OCC(=O)NCc1cccc(Cn2cncn2)c1. The first-order valence-corrected chi connectivity index (χ1v) is 8.48. The Bertz CT molecular complexity index is 855. The molecule has 0 unspecified atom stereocenters. The highest BCUT2D eigenvalue weighted by Gasteiger charge is 2.07. The molecule has 6 heteroatoms. The molecule has 1 aromatic heterocycles. The molecule has 134 valence electrons. The fourth-order valence-corrected chi connectivity index (χ4v) is 2.76. The van der Waals surface area contributed by atoms with Crippen LogP contribution in [0.15, 0.2) is 55.1 Å². The van der Waals surface area contributed by atoms with Crippen LogP contribution in [0.25, 0.3) is 0 Å². The first-order valence-electron chi connectivity index (χ1n) is 8.48. The molecule has 0 fully saturated rings. The molecular weight excluding hydrogens is 328 g/mol. The van der Waals surface area contributed by atoms with E-state index in [9.17, 15) is 4.79 Å². The number of hydrogen-bond acceptors (Lipinski definition) is 4. The van der Waals surface area contributed by atoms with E-state index in [1.54, 1.807) is 11.0 Å². The number of benzene rings is 2. The molecule has 2 aromatic carbocycles. The van der Waals surface area contributed by atoms with Crippen molar-refractivity contribution in [2.24, 2.45) is 0 Å². The molecule has 0 aliphatic heterocycles. The standard InChI is InChI=1S/C20H22N4O2/c1-15-5-3-6-16(2)20(15)26-12-19(25)22-10-17-7-4-8-18(9-17)11-24-14-21-13-23-24/h3-9,13-14H,10-12H2,1-2H3,(H,22,25). The molecular formula is C20H22N4O2. The summed E-state index contributed by atoms with van der Waals surface area (Å²) in [7, 11) is 0. The number of ether oxygens (including phenoxy) is 1. The number of carbonyl (C=O) groups excluding carboxylic acids is 1. The minimum atomic E-state index is -0.144. The largest absolute Gasteiger partial charge is 0.483 e. The Morgan fingerprint density at radius 2 is 1.85 bits per heavy atom. The van der Waals surface area contributed by atoms with E-state index in [-0.39, 0.29) is 12.5 Å². The van der Waals surface area contributed by atoms with Crippen LogP contribution in [0.3, 0.4) is 0 Å². The predicted octanol–water partition coefficient (Wildman–Crippen LogP) is 2.64. The Kier molecular flexibility index (Phi) is 5.63. The quantitative estimate of drug-likeness (QED) is 0.711. The van der Waals surface area contributed by atoms with Crippen LogP contribution in [0.4, 0.5) is 0 Å². The lowest BCUT2D eigenvalue weighted by molar-refractivity contribution is -0.123. The van der Waals surface area contributed by atoms with Gasteiger partial charge in [-0.1, -0.05) is 42.5 Å². The number of carbonyl (C=O) groups is 1. The average Bonchev–Trinajstić information content (AvgIpc) is 3.13. The number of aromatic nitrogens is 3. The fourth-order valence-electron chi connectivity index (χ4n) is 2.76. The Balaban J connectivity index is 1.51. The lowest BCUT2D eigenvalue weighted by Crippen LogP contribution is -2.28. The molecule has 0 aliphatic rings. The van der Waals surface area contributed by atoms with Crippen molar-refractivity contribution in [1.29, 1.82) is 0 Å². The van der Waals surface area contributed by atoms with Gasteiger partial charge in [0.05, 0.1) is 6.54 Å². The van der Waals surface area contributed by atoms with Crippen molar-refractivity contribution in [2.75, 3.05) is 6.61 Å². The van der Waals surface area contributed by atoms with Gasteiger partial charge in [0.1, 0.15) is 18.4 Å². The fraction of sp³-hybridized carbons (Fsp3) is 0.250. The number of aryl methyl sites for hydroxylation is 2. The highest BCUT2D eigenvalue weighted by atomic mass is 16.5. The molecule has 0 saturated carbocycles. The van der Waals surface area contributed by atoms with E-state index < -0.39 is 0 Å². The average molecular weight is 350 g/mol. The lowest BCUT2D eigenvalue weighted by atomic mass is 10.1. The topological polar surface area (TPSA) is 69.0 Å². The van der Waals surface area contributed by atoms with Gasteiger partial charge in [0.15, 0.2) is 6.61 Å². The van der Waals surface area contributed by atoms with E-state index in [1.165, 1.54) is 6.33 Å². The zero-order valence-electron chi connectivity index (χ0n) is 15.0. The smallest absolute Gasteiger partial charge is 0.258 e. The summed E-state index contributed by atoms with van der Waals surface area (Å²) in [6, 6.07) is 14.0. The van der Waals surface area contributed by atoms with Crippen LogP contribution in [0.5, 0.6) is 5.75 Å². The van der Waals surface area contributed by atoms with Gasteiger partial charge in [-0.25, -0.2) is 9.67 Å². The Morgan fingerprint density at radius 1 is 1.12 bits per heavy atom. The second-order valence-electron chi connectivity index (χ2n) is 6.20. The highest BCUT2D eigenvalue weighted by Crippen LogP contribution is 2.22. The molecule has 0 spiro atoms. The molecule has 26 heavy (non-hydrogen) atoms. The van der Waals surface area contributed by atoms with Crippen molar-refractivity contribution in [3.8, 4) is 5.75 Å². The second kappa shape index (κ2) is 8.29. The maximum atomic E-state index is 12.1. The van der Waals surface area contributed by atoms with E-state index in [0.29, 0.717) is 13.1 Å². The first-order chi connectivity index (χ1) is 12.6. The predicted molar refractivity (Wildman–Crippen MR) is 98.8 cm³/mol. The van der Waals surface area contributed by atoms with Gasteiger partial charge in [-0.15, -0.1) is 0 Å². The zero-order chi connectivity index (χ0) is 18.4. The van der Waals surface area contributed by atoms with Gasteiger partial charge in [-0.2, -0.15) is 5.10 Å². The molecule has 1 amide bonds. The van der Waals surface area contributed by atoms with Gasteiger partial charge >= 0.3 is 0 Å². The molecule has 0 saturated heterocycles. The first kappa shape index (κ1) is 17.7. The molecule has 0 radical (unpaired) electrons. The molecule has 1 N–H and O–H groups in total. The van der Waals surface area contributed by atoms with Crippen molar-refractivity contribution in [1.82, 2.24) is 20.1 Å². The third-order valence-electron chi connectivity index (χ3n) is 4.05. The summed E-state index contributed by atoms with van der Waals surface area (Å²) >= 11 is 0. The summed E-state index contributed by atoms with van der Waals surface area (Å²) in [5, 5.41) is 7.00. The highest BCUT2D eigenvalue weighted by molar-refractivity contribution is 5.77. The van der Waals surface area contributed by atoms with Crippen LogP contribution in [0.1, 0.15) is 22.3 Å². The van der Waals surface area contributed by atoms with Crippen LogP contribution in [-0.2, 0) is 17.9 Å². The number of nitrogens with one attached hydrogen (secondary N) is 1. The minimum Gasteiger partial charge on any atom is -0.483 e. The summed E-state index contributed by atoms with van der Waals surface area (Å²) < 4.78 is 7.44. The van der Waals surface area contributed by atoms with Gasteiger partial charge in [0.2, 0.25) is 0 Å². The van der Waals surface area contributed by atoms with Crippen molar-refractivity contribution in [2.45, 2.75) is 26.9 Å². The van der Waals surface area contributed by atoms with Crippen molar-refractivity contribution in [3.05, 3.63) is 77.4 Å². The zero-order valence-corrected chi connectivity index (χ0v) is 15.0. The maximum Gasteiger partial charge on any atom is 0.258 e. The number of para-hydroxylation sites is 1. The number of rotatable bonds is 7. The molecule has 6 nitrogen and oxygen atoms in total. The van der Waals surface area contributed by atoms with E-state index in [0.717, 1.165) is 28.0 Å². The van der Waals surface area contributed by atoms with E-state index in [1.807, 2.05) is 56.3 Å². The Labute approximate surface area is 152 Å². The van der Waals surface area contributed by atoms with Crippen LogP contribution in [0.2, 0.25) is 0 Å². The van der Waals surface area contributed by atoms with E-state index >= 15 is 0 Å². The maximum absolute atomic E-state index is 12.1. The lowest BCUT2D eigenvalue weighted by Gasteiger charge is -2.12. The van der Waals surface area contributed by atoms with Crippen LogP contribution in [-0.4, -0.2) is 27.3 Å². The van der Waals surface area contributed by atoms with Crippen molar-refractivity contribution in [3.63, 3.8) is 0 Å². The summed E-state index contributed by atoms with van der Waals surface area (Å²) in [6.45, 7) is 5.06. The monoisotopic (exact) mass is 350 g/mol. The molecule has 0 bridgehead atoms. The van der Waals surface area contributed by atoms with Gasteiger partial charge in [-0.05, 0) is 36.1 Å². The molecule has 0 atom stereocenters. The van der Waals surface area contributed by atoms with Gasteiger partial charge in [-0.3, -0.25) is 4.79 Å². The van der Waals surface area contributed by atoms with E-state index in [2.05, 4.69) is 15.4 Å². The van der Waals surface area contributed by atoms with E-state index in [4.69, 9.17) is 4.74 Å². The summed E-state index contributed by atoms with van der Waals surface area (Å²) in [5.74, 6) is 0.631. The molecule has 0 aliphatic carbocycles. The number of hydrogen-bond donors (Lipinski definition) is 1. The summed E-state index contributed by atoms with van der Waals surface area (Å²) in [4.78, 5) is 16.0. The third kappa shape index (κ3) is 4.69. The third-order valence-corrected chi connectivity index (χ3v) is 4.05. The molecule has 3 rings (SSSR count). The van der Waals surface area contributed by atoms with Gasteiger partial charge in [0, 0.05) is 6.54 Å². The molecule has 3 aromatic rings. The van der Waals surface area contributed by atoms with Crippen molar-refractivity contribution >= 4 is 5.91 Å². The van der Waals surface area contributed by atoms with Gasteiger partial charge < -0.3 is 10.1 Å². The Hall–Kier alpha value is -3.15. The number of amides is 1. The summed E-state index contributed by atoms with van der Waals surface area (Å²) in [6.07, 6.45) is 3.19. The van der Waals surface area contributed by atoms with Crippen molar-refractivity contribution < 1.29 is 9.53 Å². The molecule has 1 heterocycles. The minimum absolute atomic E-state index is 0.00431.